The summed E-state index contributed by atoms with van der Waals surface area (Å²) in [6.45, 7) is 2.91. The lowest BCUT2D eigenvalue weighted by Gasteiger charge is -2.00. The monoisotopic (exact) mass is 352 g/mol. The number of aliphatic imine (C=N–C) groups is 1. The summed E-state index contributed by atoms with van der Waals surface area (Å²) >= 11 is 1.54. The van der Waals surface area contributed by atoms with Gasteiger partial charge in [-0.05, 0) is 48.9 Å². The summed E-state index contributed by atoms with van der Waals surface area (Å²) < 4.78 is 17.2. The number of allylic oxidation sites excluding steroid dienone is 1. The van der Waals surface area contributed by atoms with Gasteiger partial charge >= 0.3 is 0 Å². The van der Waals surface area contributed by atoms with Gasteiger partial charge in [0.05, 0.1) is 16.8 Å². The number of thiazole rings is 1. The maximum atomic E-state index is 5.51. The Balaban J connectivity index is 1.47. The zero-order valence-corrected chi connectivity index (χ0v) is 14.5. The molecule has 5 nitrogen and oxygen atoms in total. The number of hydrogen-bond acceptors (Lipinski definition) is 6. The average molecular weight is 352 g/mol. The molecule has 0 fully saturated rings. The van der Waals surface area contributed by atoms with E-state index in [0.717, 1.165) is 38.2 Å². The highest BCUT2D eigenvalue weighted by Crippen LogP contribution is 2.33. The van der Waals surface area contributed by atoms with Crippen molar-refractivity contribution in [1.82, 2.24) is 4.98 Å². The summed E-state index contributed by atoms with van der Waals surface area (Å²) in [5.74, 6) is 2.42. The van der Waals surface area contributed by atoms with E-state index in [1.807, 2.05) is 55.5 Å². The van der Waals surface area contributed by atoms with E-state index < -0.39 is 0 Å². The molecule has 2 aromatic carbocycles. The van der Waals surface area contributed by atoms with Gasteiger partial charge in [-0.25, -0.2) is 9.98 Å². The molecule has 126 valence electrons. The quantitative estimate of drug-likeness (QED) is 0.617. The van der Waals surface area contributed by atoms with Crippen LogP contribution >= 0.6 is 11.3 Å². The summed E-state index contributed by atoms with van der Waals surface area (Å²) in [4.78, 5) is 8.91. The van der Waals surface area contributed by atoms with Crippen LogP contribution in [0.15, 0.2) is 47.5 Å². The summed E-state index contributed by atoms with van der Waals surface area (Å²) in [6, 6.07) is 11.7. The number of ether oxygens (including phenoxy) is 3. The second kappa shape index (κ2) is 6.94. The Bertz CT molecular complexity index is 962. The Morgan fingerprint density at radius 1 is 1.20 bits per heavy atom. The van der Waals surface area contributed by atoms with Crippen LogP contribution in [-0.4, -0.2) is 24.6 Å². The minimum absolute atomic E-state index is 0.284. The Hall–Kier alpha value is -2.86. The van der Waals surface area contributed by atoms with E-state index in [4.69, 9.17) is 14.2 Å². The van der Waals surface area contributed by atoms with Gasteiger partial charge in [0.2, 0.25) is 11.9 Å². The lowest BCUT2D eigenvalue weighted by atomic mass is 10.2. The molecule has 0 saturated carbocycles. The number of fused-ring (bicyclic) bond motifs is 2. The van der Waals surface area contributed by atoms with Crippen LogP contribution in [0.25, 0.3) is 16.3 Å². The van der Waals surface area contributed by atoms with Gasteiger partial charge in [0.25, 0.3) is 0 Å². The van der Waals surface area contributed by atoms with Gasteiger partial charge in [-0.15, -0.1) is 0 Å². The molecule has 25 heavy (non-hydrogen) atoms. The van der Waals surface area contributed by atoms with Crippen molar-refractivity contribution in [2.75, 3.05) is 13.4 Å². The molecule has 6 heteroatoms. The van der Waals surface area contributed by atoms with Crippen LogP contribution < -0.4 is 14.2 Å². The molecule has 0 atom stereocenters. The van der Waals surface area contributed by atoms with Crippen molar-refractivity contribution in [2.24, 2.45) is 4.99 Å². The van der Waals surface area contributed by atoms with Crippen LogP contribution in [0.3, 0.4) is 0 Å². The third kappa shape index (κ3) is 3.49. The van der Waals surface area contributed by atoms with Crippen molar-refractivity contribution in [3.63, 3.8) is 0 Å². The summed E-state index contributed by atoms with van der Waals surface area (Å²) in [5.41, 5.74) is 1.96. The van der Waals surface area contributed by atoms with E-state index >= 15 is 0 Å². The van der Waals surface area contributed by atoms with Crippen molar-refractivity contribution < 1.29 is 14.2 Å². The third-order valence-corrected chi connectivity index (χ3v) is 4.54. The van der Waals surface area contributed by atoms with Crippen LogP contribution in [0.4, 0.5) is 5.13 Å². The molecular weight excluding hydrogens is 336 g/mol. The number of hydrogen-bond donors (Lipinski definition) is 0. The number of benzene rings is 2. The van der Waals surface area contributed by atoms with E-state index in [1.54, 1.807) is 17.6 Å². The largest absolute Gasteiger partial charge is 0.494 e. The molecule has 0 bridgehead atoms. The first-order valence-corrected chi connectivity index (χ1v) is 8.77. The fraction of sp³-hybridized carbons (Fsp3) is 0.158. The summed E-state index contributed by atoms with van der Waals surface area (Å²) in [7, 11) is 0. The van der Waals surface area contributed by atoms with E-state index in [-0.39, 0.29) is 6.79 Å². The fourth-order valence-electron chi connectivity index (χ4n) is 2.48. The Labute approximate surface area is 149 Å². The first-order chi connectivity index (χ1) is 12.3. The highest BCUT2D eigenvalue weighted by Gasteiger charge is 2.12. The van der Waals surface area contributed by atoms with Gasteiger partial charge in [0, 0.05) is 6.21 Å². The highest BCUT2D eigenvalue weighted by atomic mass is 32.1. The van der Waals surface area contributed by atoms with Gasteiger partial charge in [-0.1, -0.05) is 23.5 Å². The van der Waals surface area contributed by atoms with E-state index in [0.29, 0.717) is 6.61 Å². The molecule has 0 amide bonds. The number of nitrogens with zero attached hydrogens (tertiary/aromatic N) is 2. The highest BCUT2D eigenvalue weighted by molar-refractivity contribution is 7.22. The van der Waals surface area contributed by atoms with E-state index in [9.17, 15) is 0 Å². The topological polar surface area (TPSA) is 52.9 Å². The minimum atomic E-state index is 0.284. The smallest absolute Gasteiger partial charge is 0.231 e. The van der Waals surface area contributed by atoms with Crippen molar-refractivity contribution in [1.29, 1.82) is 0 Å². The first-order valence-electron chi connectivity index (χ1n) is 7.95. The SMILES string of the molecule is CCOc1ccc2nc(/N=C/C=C/c3ccc4c(c3)OCO4)sc2c1. The second-order valence-electron chi connectivity index (χ2n) is 5.31. The van der Waals surface area contributed by atoms with E-state index in [2.05, 4.69) is 9.98 Å². The Kier molecular flexibility index (Phi) is 4.35. The Morgan fingerprint density at radius 2 is 2.12 bits per heavy atom. The van der Waals surface area contributed by atoms with Gasteiger partial charge in [0.1, 0.15) is 5.75 Å². The molecule has 0 saturated heterocycles. The van der Waals surface area contributed by atoms with Crippen molar-refractivity contribution in [2.45, 2.75) is 6.92 Å². The Morgan fingerprint density at radius 3 is 3.04 bits per heavy atom. The van der Waals surface area contributed by atoms with Gasteiger partial charge < -0.3 is 14.2 Å². The minimum Gasteiger partial charge on any atom is -0.494 e. The molecule has 1 aliphatic heterocycles. The zero-order chi connectivity index (χ0) is 17.1. The average Bonchev–Trinajstić information content (AvgIpc) is 3.24. The molecule has 0 aliphatic carbocycles. The normalized spacial score (nSPS) is 13.3. The predicted octanol–water partition coefficient (Wildman–Crippen LogP) is 4.84. The molecule has 3 aromatic rings. The number of rotatable bonds is 5. The number of aromatic nitrogens is 1. The van der Waals surface area contributed by atoms with Gasteiger partial charge in [0.15, 0.2) is 11.5 Å². The van der Waals surface area contributed by atoms with Gasteiger partial charge in [-0.2, -0.15) is 0 Å². The molecule has 0 radical (unpaired) electrons. The van der Waals surface area contributed by atoms with E-state index in [1.165, 1.54) is 0 Å². The van der Waals surface area contributed by atoms with Crippen LogP contribution in [-0.2, 0) is 0 Å². The zero-order valence-electron chi connectivity index (χ0n) is 13.6. The first kappa shape index (κ1) is 15.7. The maximum Gasteiger partial charge on any atom is 0.231 e. The molecule has 2 heterocycles. The standard InChI is InChI=1S/C19H16N2O3S/c1-2-22-14-6-7-15-18(11-14)25-19(21-15)20-9-3-4-13-5-8-16-17(10-13)24-12-23-16/h3-11H,2,12H2,1H3/b4-3+,20-9+. The lowest BCUT2D eigenvalue weighted by Crippen LogP contribution is -1.92. The van der Waals surface area contributed by atoms with Crippen LogP contribution in [0, 0.1) is 0 Å². The molecular formula is C19H16N2O3S. The van der Waals surface area contributed by atoms with Crippen LogP contribution in [0.1, 0.15) is 12.5 Å². The molecule has 4 rings (SSSR count). The van der Waals surface area contributed by atoms with Crippen molar-refractivity contribution in [3.05, 3.63) is 48.0 Å². The van der Waals surface area contributed by atoms with Crippen molar-refractivity contribution >= 4 is 39.0 Å². The van der Waals surface area contributed by atoms with Crippen LogP contribution in [0.5, 0.6) is 17.2 Å². The third-order valence-electron chi connectivity index (χ3n) is 3.62. The van der Waals surface area contributed by atoms with Crippen molar-refractivity contribution in [3.8, 4) is 17.2 Å². The van der Waals surface area contributed by atoms with Crippen LogP contribution in [0.2, 0.25) is 0 Å². The second-order valence-corrected chi connectivity index (χ2v) is 6.32. The molecule has 0 unspecified atom stereocenters. The molecule has 0 spiro atoms. The summed E-state index contributed by atoms with van der Waals surface area (Å²) in [6.07, 6.45) is 5.59. The predicted molar refractivity (Wildman–Crippen MR) is 101 cm³/mol. The molecule has 1 aromatic heterocycles. The van der Waals surface area contributed by atoms with Gasteiger partial charge in [-0.3, -0.25) is 0 Å². The lowest BCUT2D eigenvalue weighted by molar-refractivity contribution is 0.174. The fourth-order valence-corrected chi connectivity index (χ4v) is 3.33. The maximum absolute atomic E-state index is 5.51. The molecule has 0 N–H and O–H groups in total. The summed E-state index contributed by atoms with van der Waals surface area (Å²) in [5, 5.41) is 0.721. The molecule has 1 aliphatic rings.